The summed E-state index contributed by atoms with van der Waals surface area (Å²) in [4.78, 5) is 11.4. The van der Waals surface area contributed by atoms with E-state index < -0.39 is 0 Å². The van der Waals surface area contributed by atoms with Gasteiger partial charge in [0.2, 0.25) is 11.8 Å². The third-order valence-corrected chi connectivity index (χ3v) is 2.25. The molecule has 0 bridgehead atoms. The first-order valence-corrected chi connectivity index (χ1v) is 6.68. The predicted molar refractivity (Wildman–Crippen MR) is 72.7 cm³/mol. The second-order valence-electron chi connectivity index (χ2n) is 4.58. The summed E-state index contributed by atoms with van der Waals surface area (Å²) in [5.74, 6) is 0.550. The van der Waals surface area contributed by atoms with Crippen LogP contribution < -0.4 is 16.0 Å². The van der Waals surface area contributed by atoms with Gasteiger partial charge in [-0.05, 0) is 26.8 Å². The molecule has 108 valence electrons. The molecule has 1 aromatic heterocycles. The van der Waals surface area contributed by atoms with Crippen LogP contribution in [-0.4, -0.2) is 35.2 Å². The molecule has 0 atom stereocenters. The number of nitrogens with one attached hydrogen (secondary N) is 3. The first-order valence-electron chi connectivity index (χ1n) is 6.68. The highest BCUT2D eigenvalue weighted by Gasteiger charge is 2.06. The number of anilines is 1. The lowest BCUT2D eigenvalue weighted by Gasteiger charge is -2.07. The van der Waals surface area contributed by atoms with Crippen molar-refractivity contribution in [2.24, 2.45) is 0 Å². The monoisotopic (exact) mass is 269 g/mol. The van der Waals surface area contributed by atoms with Gasteiger partial charge in [-0.15, -0.1) is 5.10 Å². The molecule has 0 saturated carbocycles. The average molecular weight is 269 g/mol. The zero-order valence-electron chi connectivity index (χ0n) is 11.8. The molecule has 0 aromatic carbocycles. The summed E-state index contributed by atoms with van der Waals surface area (Å²) in [6, 6.07) is 0.512. The quantitative estimate of drug-likeness (QED) is 0.577. The summed E-state index contributed by atoms with van der Waals surface area (Å²) in [7, 11) is 0. The van der Waals surface area contributed by atoms with E-state index in [9.17, 15) is 4.79 Å². The van der Waals surface area contributed by atoms with Gasteiger partial charge in [0.05, 0.1) is 6.54 Å². The number of rotatable bonds is 9. The van der Waals surface area contributed by atoms with Crippen molar-refractivity contribution in [1.82, 2.24) is 20.8 Å². The van der Waals surface area contributed by atoms with E-state index in [0.717, 1.165) is 13.0 Å². The highest BCUT2D eigenvalue weighted by molar-refractivity contribution is 5.76. The Labute approximate surface area is 113 Å². The van der Waals surface area contributed by atoms with Crippen LogP contribution in [0.4, 0.5) is 6.01 Å². The maximum Gasteiger partial charge on any atom is 0.315 e. The van der Waals surface area contributed by atoms with E-state index in [0.29, 0.717) is 31.4 Å². The third-order valence-electron chi connectivity index (χ3n) is 2.25. The Morgan fingerprint density at radius 1 is 1.32 bits per heavy atom. The first-order chi connectivity index (χ1) is 9.11. The maximum absolute atomic E-state index is 11.4. The van der Waals surface area contributed by atoms with E-state index in [2.05, 4.69) is 33.1 Å². The SMILES string of the molecule is CCCNCc1nnc(NCCC(=O)NC(C)C)o1. The van der Waals surface area contributed by atoms with Gasteiger partial charge in [0.15, 0.2) is 0 Å². The third kappa shape index (κ3) is 6.76. The molecular weight excluding hydrogens is 246 g/mol. The Balaban J connectivity index is 2.21. The number of nitrogens with zero attached hydrogens (tertiary/aromatic N) is 2. The summed E-state index contributed by atoms with van der Waals surface area (Å²) in [5.41, 5.74) is 0. The molecule has 1 aromatic rings. The van der Waals surface area contributed by atoms with Gasteiger partial charge < -0.3 is 20.4 Å². The van der Waals surface area contributed by atoms with Gasteiger partial charge in [0.1, 0.15) is 0 Å². The fourth-order valence-corrected chi connectivity index (χ4v) is 1.45. The highest BCUT2D eigenvalue weighted by Crippen LogP contribution is 2.04. The Hall–Kier alpha value is -1.63. The van der Waals surface area contributed by atoms with Crippen LogP contribution in [0.15, 0.2) is 4.42 Å². The van der Waals surface area contributed by atoms with Crippen LogP contribution in [0.1, 0.15) is 39.5 Å². The Bertz CT molecular complexity index is 378. The van der Waals surface area contributed by atoms with Crippen molar-refractivity contribution in [3.05, 3.63) is 5.89 Å². The van der Waals surface area contributed by atoms with Gasteiger partial charge in [-0.3, -0.25) is 4.79 Å². The van der Waals surface area contributed by atoms with E-state index in [-0.39, 0.29) is 11.9 Å². The van der Waals surface area contributed by atoms with Crippen molar-refractivity contribution < 1.29 is 9.21 Å². The number of hydrogen-bond donors (Lipinski definition) is 3. The average Bonchev–Trinajstić information content (AvgIpc) is 2.76. The summed E-state index contributed by atoms with van der Waals surface area (Å²) >= 11 is 0. The molecule has 1 heterocycles. The minimum Gasteiger partial charge on any atom is -0.407 e. The van der Waals surface area contributed by atoms with E-state index in [1.807, 2.05) is 13.8 Å². The summed E-state index contributed by atoms with van der Waals surface area (Å²) < 4.78 is 5.37. The number of aromatic nitrogens is 2. The van der Waals surface area contributed by atoms with Crippen molar-refractivity contribution in [3.8, 4) is 0 Å². The van der Waals surface area contributed by atoms with Gasteiger partial charge in [-0.2, -0.15) is 0 Å². The van der Waals surface area contributed by atoms with Crippen LogP contribution in [0.25, 0.3) is 0 Å². The molecule has 1 amide bonds. The number of carbonyl (C=O) groups excluding carboxylic acids is 1. The molecule has 0 aliphatic carbocycles. The lowest BCUT2D eigenvalue weighted by molar-refractivity contribution is -0.121. The molecule has 0 unspecified atom stereocenters. The zero-order valence-corrected chi connectivity index (χ0v) is 11.8. The van der Waals surface area contributed by atoms with Crippen LogP contribution in [0.3, 0.4) is 0 Å². The van der Waals surface area contributed by atoms with Gasteiger partial charge in [-0.1, -0.05) is 12.0 Å². The molecular formula is C12H23N5O2. The van der Waals surface area contributed by atoms with Gasteiger partial charge in [0, 0.05) is 19.0 Å². The van der Waals surface area contributed by atoms with E-state index in [1.165, 1.54) is 0 Å². The van der Waals surface area contributed by atoms with Crippen LogP contribution >= 0.6 is 0 Å². The molecule has 0 radical (unpaired) electrons. The highest BCUT2D eigenvalue weighted by atomic mass is 16.4. The number of carbonyl (C=O) groups is 1. The number of hydrogen-bond acceptors (Lipinski definition) is 6. The van der Waals surface area contributed by atoms with Crippen LogP contribution in [0.2, 0.25) is 0 Å². The molecule has 0 spiro atoms. The second-order valence-corrected chi connectivity index (χ2v) is 4.58. The van der Waals surface area contributed by atoms with Crippen molar-refractivity contribution >= 4 is 11.9 Å². The van der Waals surface area contributed by atoms with Gasteiger partial charge >= 0.3 is 6.01 Å². The standard InChI is InChI=1S/C12H23N5O2/c1-4-6-13-8-11-16-17-12(19-11)14-7-5-10(18)15-9(2)3/h9,13H,4-8H2,1-3H3,(H,14,17)(H,15,18). The van der Waals surface area contributed by atoms with Crippen LogP contribution in [0.5, 0.6) is 0 Å². The molecule has 0 saturated heterocycles. The normalized spacial score (nSPS) is 10.7. The fraction of sp³-hybridized carbons (Fsp3) is 0.750. The molecule has 0 fully saturated rings. The van der Waals surface area contributed by atoms with Crippen LogP contribution in [0, 0.1) is 0 Å². The van der Waals surface area contributed by atoms with Crippen molar-refractivity contribution in [3.63, 3.8) is 0 Å². The van der Waals surface area contributed by atoms with Crippen molar-refractivity contribution in [1.29, 1.82) is 0 Å². The first kappa shape index (κ1) is 15.4. The predicted octanol–water partition coefficient (Wildman–Crippen LogP) is 0.896. The zero-order chi connectivity index (χ0) is 14.1. The van der Waals surface area contributed by atoms with Crippen molar-refractivity contribution in [2.45, 2.75) is 46.2 Å². The minimum absolute atomic E-state index is 0.00634. The van der Waals surface area contributed by atoms with E-state index in [4.69, 9.17) is 4.42 Å². The Morgan fingerprint density at radius 2 is 2.11 bits per heavy atom. The smallest absolute Gasteiger partial charge is 0.315 e. The van der Waals surface area contributed by atoms with Crippen molar-refractivity contribution in [2.75, 3.05) is 18.4 Å². The minimum atomic E-state index is 0.00634. The fourth-order valence-electron chi connectivity index (χ4n) is 1.45. The molecule has 0 aliphatic rings. The molecule has 3 N–H and O–H groups in total. The summed E-state index contributed by atoms with van der Waals surface area (Å²) in [6.45, 7) is 7.91. The molecule has 7 nitrogen and oxygen atoms in total. The largest absolute Gasteiger partial charge is 0.407 e. The van der Waals surface area contributed by atoms with Crippen LogP contribution in [-0.2, 0) is 11.3 Å². The van der Waals surface area contributed by atoms with Gasteiger partial charge in [0.25, 0.3) is 0 Å². The van der Waals surface area contributed by atoms with E-state index >= 15 is 0 Å². The lowest BCUT2D eigenvalue weighted by atomic mass is 10.3. The molecule has 0 aliphatic heterocycles. The summed E-state index contributed by atoms with van der Waals surface area (Å²) in [6.07, 6.45) is 1.44. The van der Waals surface area contributed by atoms with E-state index in [1.54, 1.807) is 0 Å². The molecule has 7 heteroatoms. The maximum atomic E-state index is 11.4. The second kappa shape index (κ2) is 8.47. The summed E-state index contributed by atoms with van der Waals surface area (Å²) in [5, 5.41) is 16.7. The molecule has 1 rings (SSSR count). The Kier molecular flexibility index (Phi) is 6.88. The topological polar surface area (TPSA) is 92.1 Å². The lowest BCUT2D eigenvalue weighted by Crippen LogP contribution is -2.31. The van der Waals surface area contributed by atoms with Gasteiger partial charge in [-0.25, -0.2) is 0 Å². The Morgan fingerprint density at radius 3 is 2.79 bits per heavy atom. The number of amides is 1. The molecule has 19 heavy (non-hydrogen) atoms.